The Hall–Kier alpha value is -2.73. The van der Waals surface area contributed by atoms with Crippen LogP contribution in [-0.4, -0.2) is 60.4 Å². The molecular formula is C25H32FN3O2. The van der Waals surface area contributed by atoms with Crippen LogP contribution in [-0.2, 0) is 11.2 Å². The molecule has 6 heteroatoms. The minimum absolute atomic E-state index is 0.0124. The van der Waals surface area contributed by atoms with E-state index in [1.807, 2.05) is 35.2 Å². The van der Waals surface area contributed by atoms with E-state index in [1.54, 1.807) is 12.1 Å². The molecule has 5 nitrogen and oxygen atoms in total. The highest BCUT2D eigenvalue weighted by molar-refractivity contribution is 5.94. The van der Waals surface area contributed by atoms with Gasteiger partial charge in [-0.25, -0.2) is 4.39 Å². The van der Waals surface area contributed by atoms with Crippen LogP contribution in [0.5, 0.6) is 0 Å². The molecule has 1 saturated heterocycles. The normalized spacial score (nSPS) is 14.6. The zero-order chi connectivity index (χ0) is 22.1. The molecule has 1 heterocycles. The first-order valence-corrected chi connectivity index (χ1v) is 11.2. The molecule has 0 radical (unpaired) electrons. The fourth-order valence-electron chi connectivity index (χ4n) is 4.11. The Labute approximate surface area is 184 Å². The number of likely N-dealkylation sites (tertiary alicyclic amines) is 1. The number of carbonyl (C=O) groups is 2. The number of hydrogen-bond acceptors (Lipinski definition) is 3. The van der Waals surface area contributed by atoms with Crippen LogP contribution in [0.25, 0.3) is 0 Å². The van der Waals surface area contributed by atoms with Gasteiger partial charge in [0.25, 0.3) is 5.91 Å². The summed E-state index contributed by atoms with van der Waals surface area (Å²) in [6.45, 7) is 5.31. The molecule has 1 fully saturated rings. The van der Waals surface area contributed by atoms with Crippen LogP contribution in [0.4, 0.5) is 4.39 Å². The van der Waals surface area contributed by atoms with Gasteiger partial charge in [0.05, 0.1) is 6.54 Å². The summed E-state index contributed by atoms with van der Waals surface area (Å²) in [7, 11) is 0. The average Bonchev–Trinajstić information content (AvgIpc) is 2.80. The third-order valence-corrected chi connectivity index (χ3v) is 5.80. The maximum atomic E-state index is 13.0. The van der Waals surface area contributed by atoms with Gasteiger partial charge in [-0.1, -0.05) is 37.3 Å². The molecule has 1 N–H and O–H groups in total. The quantitative estimate of drug-likeness (QED) is 0.669. The fourth-order valence-corrected chi connectivity index (χ4v) is 4.11. The van der Waals surface area contributed by atoms with E-state index < -0.39 is 0 Å². The van der Waals surface area contributed by atoms with Crippen LogP contribution >= 0.6 is 0 Å². The molecule has 1 aliphatic rings. The molecule has 1 aliphatic heterocycles. The average molecular weight is 426 g/mol. The van der Waals surface area contributed by atoms with E-state index in [-0.39, 0.29) is 17.6 Å². The van der Waals surface area contributed by atoms with Crippen molar-refractivity contribution >= 4 is 11.8 Å². The predicted molar refractivity (Wildman–Crippen MR) is 120 cm³/mol. The van der Waals surface area contributed by atoms with E-state index >= 15 is 0 Å². The topological polar surface area (TPSA) is 52.7 Å². The lowest BCUT2D eigenvalue weighted by Crippen LogP contribution is -2.49. The van der Waals surface area contributed by atoms with Gasteiger partial charge in [-0.3, -0.25) is 14.5 Å². The van der Waals surface area contributed by atoms with Crippen molar-refractivity contribution in [3.8, 4) is 0 Å². The van der Waals surface area contributed by atoms with E-state index in [0.29, 0.717) is 38.6 Å². The van der Waals surface area contributed by atoms with Crippen molar-refractivity contribution in [2.75, 3.05) is 32.7 Å². The Bertz CT molecular complexity index is 834. The Morgan fingerprint density at radius 3 is 2.39 bits per heavy atom. The summed E-state index contributed by atoms with van der Waals surface area (Å²) in [4.78, 5) is 29.3. The Kier molecular flexibility index (Phi) is 8.59. The number of hydrogen-bond donors (Lipinski definition) is 1. The van der Waals surface area contributed by atoms with Gasteiger partial charge >= 0.3 is 0 Å². The standard InChI is InChI=1S/C25H32FN3O2/c1-2-16-29(19-24(30)27-15-12-20-8-10-22(26)11-9-20)23-13-17-28(18-14-23)25(31)21-6-4-3-5-7-21/h3-11,23H,2,12-19H2,1H3,(H,27,30). The number of halogens is 1. The third kappa shape index (κ3) is 6.89. The van der Waals surface area contributed by atoms with Gasteiger partial charge in [0, 0.05) is 31.2 Å². The minimum Gasteiger partial charge on any atom is -0.355 e. The molecule has 2 aromatic rings. The summed E-state index contributed by atoms with van der Waals surface area (Å²) in [6.07, 6.45) is 3.41. The Morgan fingerprint density at radius 1 is 1.06 bits per heavy atom. The highest BCUT2D eigenvalue weighted by Crippen LogP contribution is 2.19. The summed E-state index contributed by atoms with van der Waals surface area (Å²) < 4.78 is 13.0. The van der Waals surface area contributed by atoms with Crippen LogP contribution in [0.1, 0.15) is 42.1 Å². The highest BCUT2D eigenvalue weighted by Gasteiger charge is 2.28. The molecule has 0 bridgehead atoms. The van der Waals surface area contributed by atoms with Gasteiger partial charge in [0.15, 0.2) is 0 Å². The Balaban J connectivity index is 1.45. The lowest BCUT2D eigenvalue weighted by Gasteiger charge is -2.38. The smallest absolute Gasteiger partial charge is 0.253 e. The molecule has 0 unspecified atom stereocenters. The van der Waals surface area contributed by atoms with Crippen molar-refractivity contribution in [1.29, 1.82) is 0 Å². The van der Waals surface area contributed by atoms with Crippen molar-refractivity contribution < 1.29 is 14.0 Å². The van der Waals surface area contributed by atoms with Crippen LogP contribution in [0, 0.1) is 5.82 Å². The number of amides is 2. The van der Waals surface area contributed by atoms with Crippen molar-refractivity contribution in [2.45, 2.75) is 38.6 Å². The number of benzene rings is 2. The van der Waals surface area contributed by atoms with Crippen molar-refractivity contribution in [2.24, 2.45) is 0 Å². The van der Waals surface area contributed by atoms with Crippen LogP contribution in [0.2, 0.25) is 0 Å². The largest absolute Gasteiger partial charge is 0.355 e. The first-order chi connectivity index (χ1) is 15.1. The Morgan fingerprint density at radius 2 is 1.74 bits per heavy atom. The summed E-state index contributed by atoms with van der Waals surface area (Å²) in [5.41, 5.74) is 1.73. The predicted octanol–water partition coefficient (Wildman–Crippen LogP) is 3.50. The monoisotopic (exact) mass is 425 g/mol. The van der Waals surface area contributed by atoms with Gasteiger partial charge in [-0.2, -0.15) is 0 Å². The third-order valence-electron chi connectivity index (χ3n) is 5.80. The molecule has 0 aliphatic carbocycles. The summed E-state index contributed by atoms with van der Waals surface area (Å²) in [6, 6.07) is 16.1. The molecule has 2 amide bonds. The molecule has 2 aromatic carbocycles. The van der Waals surface area contributed by atoms with E-state index in [1.165, 1.54) is 12.1 Å². The van der Waals surface area contributed by atoms with E-state index in [0.717, 1.165) is 36.9 Å². The van der Waals surface area contributed by atoms with Gasteiger partial charge in [0.1, 0.15) is 5.82 Å². The molecule has 0 saturated carbocycles. The van der Waals surface area contributed by atoms with Gasteiger partial charge in [-0.05, 0) is 62.1 Å². The van der Waals surface area contributed by atoms with E-state index in [2.05, 4.69) is 17.1 Å². The SMILES string of the molecule is CCCN(CC(=O)NCCc1ccc(F)cc1)C1CCN(C(=O)c2ccccc2)CC1. The summed E-state index contributed by atoms with van der Waals surface area (Å²) in [5, 5.41) is 2.98. The highest BCUT2D eigenvalue weighted by atomic mass is 19.1. The lowest BCUT2D eigenvalue weighted by molar-refractivity contribution is -0.123. The van der Waals surface area contributed by atoms with Crippen molar-refractivity contribution in [3.63, 3.8) is 0 Å². The molecule has 166 valence electrons. The minimum atomic E-state index is -0.250. The first-order valence-electron chi connectivity index (χ1n) is 11.2. The molecule has 0 aromatic heterocycles. The summed E-state index contributed by atoms with van der Waals surface area (Å²) >= 11 is 0. The summed E-state index contributed by atoms with van der Waals surface area (Å²) in [5.74, 6) is -0.155. The molecule has 0 atom stereocenters. The first kappa shape index (κ1) is 22.9. The van der Waals surface area contributed by atoms with Crippen LogP contribution in [0.3, 0.4) is 0 Å². The zero-order valence-corrected chi connectivity index (χ0v) is 18.2. The molecular weight excluding hydrogens is 393 g/mol. The van der Waals surface area contributed by atoms with Gasteiger partial charge < -0.3 is 10.2 Å². The number of nitrogens with one attached hydrogen (secondary N) is 1. The van der Waals surface area contributed by atoms with Crippen molar-refractivity contribution in [1.82, 2.24) is 15.1 Å². The van der Waals surface area contributed by atoms with Gasteiger partial charge in [0.2, 0.25) is 5.91 Å². The number of piperidine rings is 1. The van der Waals surface area contributed by atoms with E-state index in [9.17, 15) is 14.0 Å². The number of rotatable bonds is 9. The molecule has 0 spiro atoms. The second-order valence-electron chi connectivity index (χ2n) is 8.09. The van der Waals surface area contributed by atoms with E-state index in [4.69, 9.17) is 0 Å². The number of carbonyl (C=O) groups excluding carboxylic acids is 2. The number of nitrogens with zero attached hydrogens (tertiary/aromatic N) is 2. The fraction of sp³-hybridized carbons (Fsp3) is 0.440. The second-order valence-corrected chi connectivity index (χ2v) is 8.09. The van der Waals surface area contributed by atoms with Gasteiger partial charge in [-0.15, -0.1) is 0 Å². The molecule has 31 heavy (non-hydrogen) atoms. The maximum Gasteiger partial charge on any atom is 0.253 e. The zero-order valence-electron chi connectivity index (χ0n) is 18.2. The lowest BCUT2D eigenvalue weighted by atomic mass is 10.0. The maximum absolute atomic E-state index is 13.0. The van der Waals surface area contributed by atoms with Crippen LogP contribution < -0.4 is 5.32 Å². The van der Waals surface area contributed by atoms with Crippen molar-refractivity contribution in [3.05, 3.63) is 71.5 Å². The second kappa shape index (κ2) is 11.6. The molecule has 3 rings (SSSR count). The van der Waals surface area contributed by atoms with Crippen LogP contribution in [0.15, 0.2) is 54.6 Å².